The number of nitrogens with zero attached hydrogens (tertiary/aromatic N) is 2. The molecule has 1 atom stereocenters. The van der Waals surface area contributed by atoms with Crippen LogP contribution in [0.2, 0.25) is 0 Å². The fourth-order valence-electron chi connectivity index (χ4n) is 3.75. The summed E-state index contributed by atoms with van der Waals surface area (Å²) in [5, 5.41) is 4.04. The van der Waals surface area contributed by atoms with Crippen LogP contribution in [0.5, 0.6) is 0 Å². The molecule has 0 aromatic carbocycles. The monoisotopic (exact) mass is 237 g/mol. The molecule has 0 bridgehead atoms. The summed E-state index contributed by atoms with van der Waals surface area (Å²) in [7, 11) is 4.51. The van der Waals surface area contributed by atoms with Gasteiger partial charge in [0.05, 0.1) is 0 Å². The molecule has 1 saturated carbocycles. The average molecular weight is 237 g/mol. The molecular formula is C14H27N3. The minimum atomic E-state index is 0.547. The predicted octanol–water partition coefficient (Wildman–Crippen LogP) is 1.15. The molecule has 2 aliphatic heterocycles. The van der Waals surface area contributed by atoms with Crippen molar-refractivity contribution in [2.75, 3.05) is 40.3 Å². The third kappa shape index (κ3) is 2.51. The highest BCUT2D eigenvalue weighted by molar-refractivity contribution is 5.10. The van der Waals surface area contributed by atoms with Gasteiger partial charge in [0.15, 0.2) is 0 Å². The van der Waals surface area contributed by atoms with Gasteiger partial charge < -0.3 is 15.1 Å². The summed E-state index contributed by atoms with van der Waals surface area (Å²) in [6.45, 7) is 5.18. The molecule has 0 spiro atoms. The van der Waals surface area contributed by atoms with E-state index in [9.17, 15) is 0 Å². The Hall–Kier alpha value is -0.120. The number of rotatable bonds is 3. The summed E-state index contributed by atoms with van der Waals surface area (Å²) in [6.07, 6.45) is 6.97. The van der Waals surface area contributed by atoms with Gasteiger partial charge in [-0.05, 0) is 71.8 Å². The first-order chi connectivity index (χ1) is 8.18. The Morgan fingerprint density at radius 3 is 2.12 bits per heavy atom. The van der Waals surface area contributed by atoms with Crippen molar-refractivity contribution in [2.45, 2.75) is 43.7 Å². The number of nitrogens with one attached hydrogen (secondary N) is 1. The van der Waals surface area contributed by atoms with Crippen LogP contribution in [-0.4, -0.2) is 61.7 Å². The van der Waals surface area contributed by atoms with Gasteiger partial charge in [0.1, 0.15) is 0 Å². The largest absolute Gasteiger partial charge is 0.308 e. The van der Waals surface area contributed by atoms with Crippen molar-refractivity contribution >= 4 is 0 Å². The van der Waals surface area contributed by atoms with Crippen LogP contribution in [0.4, 0.5) is 0 Å². The van der Waals surface area contributed by atoms with Crippen LogP contribution >= 0.6 is 0 Å². The fraction of sp³-hybridized carbons (Fsp3) is 1.00. The SMILES string of the molecule is CN1CCC(NC2(C3CCN(C)C3)CC2)CC1. The van der Waals surface area contributed by atoms with Crippen LogP contribution in [0.15, 0.2) is 0 Å². The highest BCUT2D eigenvalue weighted by Crippen LogP contribution is 2.46. The second-order valence-corrected chi connectivity index (χ2v) is 6.63. The smallest absolute Gasteiger partial charge is 0.0226 e. The van der Waals surface area contributed by atoms with Gasteiger partial charge in [-0.1, -0.05) is 0 Å². The Kier molecular flexibility index (Phi) is 3.18. The minimum absolute atomic E-state index is 0.547. The van der Waals surface area contributed by atoms with Gasteiger partial charge in [-0.25, -0.2) is 0 Å². The first-order valence-electron chi connectivity index (χ1n) is 7.33. The van der Waals surface area contributed by atoms with Gasteiger partial charge in [0.25, 0.3) is 0 Å². The first-order valence-corrected chi connectivity index (χ1v) is 7.33. The Morgan fingerprint density at radius 1 is 0.941 bits per heavy atom. The summed E-state index contributed by atoms with van der Waals surface area (Å²) in [5.74, 6) is 0.923. The summed E-state index contributed by atoms with van der Waals surface area (Å²) in [4.78, 5) is 4.96. The van der Waals surface area contributed by atoms with Crippen LogP contribution in [0.3, 0.4) is 0 Å². The number of piperidine rings is 1. The topological polar surface area (TPSA) is 18.5 Å². The number of hydrogen-bond donors (Lipinski definition) is 1. The van der Waals surface area contributed by atoms with Crippen molar-refractivity contribution in [2.24, 2.45) is 5.92 Å². The highest BCUT2D eigenvalue weighted by Gasteiger charge is 2.51. The van der Waals surface area contributed by atoms with Crippen LogP contribution in [0.25, 0.3) is 0 Å². The van der Waals surface area contributed by atoms with Crippen LogP contribution in [0, 0.1) is 5.92 Å². The molecule has 0 radical (unpaired) electrons. The Morgan fingerprint density at radius 2 is 1.59 bits per heavy atom. The Balaban J connectivity index is 1.54. The molecule has 2 heterocycles. The molecule has 17 heavy (non-hydrogen) atoms. The van der Waals surface area contributed by atoms with E-state index in [4.69, 9.17) is 0 Å². The van der Waals surface area contributed by atoms with Gasteiger partial charge in [-0.3, -0.25) is 0 Å². The molecule has 2 saturated heterocycles. The van der Waals surface area contributed by atoms with Gasteiger partial charge in [-0.15, -0.1) is 0 Å². The summed E-state index contributed by atoms with van der Waals surface area (Å²) in [6, 6.07) is 0.791. The first kappa shape index (κ1) is 11.9. The van der Waals surface area contributed by atoms with E-state index in [0.29, 0.717) is 5.54 Å². The van der Waals surface area contributed by atoms with Crippen LogP contribution in [0.1, 0.15) is 32.1 Å². The lowest BCUT2D eigenvalue weighted by Crippen LogP contribution is -2.49. The van der Waals surface area contributed by atoms with Gasteiger partial charge in [-0.2, -0.15) is 0 Å². The molecule has 3 heteroatoms. The van der Waals surface area contributed by atoms with E-state index >= 15 is 0 Å². The van der Waals surface area contributed by atoms with E-state index in [1.54, 1.807) is 0 Å². The predicted molar refractivity (Wildman–Crippen MR) is 71.2 cm³/mol. The number of likely N-dealkylation sites (tertiary alicyclic amines) is 2. The quantitative estimate of drug-likeness (QED) is 0.794. The third-order valence-electron chi connectivity index (χ3n) is 5.17. The standard InChI is InChI=1S/C14H27N3/c1-16-9-4-13(5-10-16)15-14(6-7-14)12-3-8-17(2)11-12/h12-13,15H,3-11H2,1-2H3. The molecule has 3 fully saturated rings. The van der Waals surface area contributed by atoms with Crippen molar-refractivity contribution in [1.29, 1.82) is 0 Å². The lowest BCUT2D eigenvalue weighted by molar-refractivity contribution is 0.201. The molecule has 3 nitrogen and oxygen atoms in total. The molecule has 3 rings (SSSR count). The molecule has 0 aromatic heterocycles. The van der Waals surface area contributed by atoms with Crippen LogP contribution in [-0.2, 0) is 0 Å². The maximum atomic E-state index is 4.04. The zero-order valence-electron chi connectivity index (χ0n) is 11.4. The third-order valence-corrected chi connectivity index (χ3v) is 5.17. The minimum Gasteiger partial charge on any atom is -0.308 e. The van der Waals surface area contributed by atoms with E-state index < -0.39 is 0 Å². The molecule has 1 N–H and O–H groups in total. The molecule has 0 amide bonds. The molecule has 98 valence electrons. The summed E-state index contributed by atoms with van der Waals surface area (Å²) in [5.41, 5.74) is 0.547. The second-order valence-electron chi connectivity index (χ2n) is 6.63. The zero-order chi connectivity index (χ0) is 11.9. The van der Waals surface area contributed by atoms with E-state index in [0.717, 1.165) is 12.0 Å². The number of hydrogen-bond acceptors (Lipinski definition) is 3. The summed E-state index contributed by atoms with van der Waals surface area (Å²) >= 11 is 0. The maximum Gasteiger partial charge on any atom is 0.0226 e. The van der Waals surface area contributed by atoms with E-state index in [1.807, 2.05) is 0 Å². The van der Waals surface area contributed by atoms with E-state index in [2.05, 4.69) is 29.2 Å². The Bertz CT molecular complexity index is 267. The average Bonchev–Trinajstić information content (AvgIpc) is 2.96. The van der Waals surface area contributed by atoms with E-state index in [-0.39, 0.29) is 0 Å². The van der Waals surface area contributed by atoms with Crippen molar-refractivity contribution in [3.63, 3.8) is 0 Å². The zero-order valence-corrected chi connectivity index (χ0v) is 11.4. The molecule has 0 aromatic rings. The Labute approximate surface area is 106 Å². The van der Waals surface area contributed by atoms with Crippen molar-refractivity contribution in [1.82, 2.24) is 15.1 Å². The van der Waals surface area contributed by atoms with E-state index in [1.165, 1.54) is 58.3 Å². The molecule has 1 unspecified atom stereocenters. The second kappa shape index (κ2) is 4.52. The molecular weight excluding hydrogens is 210 g/mol. The van der Waals surface area contributed by atoms with Gasteiger partial charge >= 0.3 is 0 Å². The molecule has 1 aliphatic carbocycles. The van der Waals surface area contributed by atoms with Crippen molar-refractivity contribution in [3.05, 3.63) is 0 Å². The lowest BCUT2D eigenvalue weighted by atomic mass is 9.93. The fourth-order valence-corrected chi connectivity index (χ4v) is 3.75. The highest BCUT2D eigenvalue weighted by atomic mass is 15.2. The maximum absolute atomic E-state index is 4.04. The lowest BCUT2D eigenvalue weighted by Gasteiger charge is -2.35. The normalized spacial score (nSPS) is 35.3. The van der Waals surface area contributed by atoms with Crippen molar-refractivity contribution < 1.29 is 0 Å². The van der Waals surface area contributed by atoms with Gasteiger partial charge in [0, 0.05) is 18.1 Å². The summed E-state index contributed by atoms with van der Waals surface area (Å²) < 4.78 is 0. The van der Waals surface area contributed by atoms with Crippen LogP contribution < -0.4 is 5.32 Å². The van der Waals surface area contributed by atoms with Crippen molar-refractivity contribution in [3.8, 4) is 0 Å². The molecule has 3 aliphatic rings. The van der Waals surface area contributed by atoms with Gasteiger partial charge in [0.2, 0.25) is 0 Å².